The summed E-state index contributed by atoms with van der Waals surface area (Å²) in [6, 6.07) is 11.2. The Hall–Kier alpha value is -2.10. The zero-order chi connectivity index (χ0) is 21.7. The van der Waals surface area contributed by atoms with Crippen molar-refractivity contribution >= 4 is 56.5 Å². The van der Waals surface area contributed by atoms with Crippen molar-refractivity contribution < 1.29 is 14.0 Å². The quantitative estimate of drug-likeness (QED) is 0.496. The lowest BCUT2D eigenvalue weighted by atomic mass is 9.69. The van der Waals surface area contributed by atoms with E-state index in [0.29, 0.717) is 5.69 Å². The van der Waals surface area contributed by atoms with Gasteiger partial charge in [-0.05, 0) is 60.6 Å². The fourth-order valence-electron chi connectivity index (χ4n) is 6.65. The molecule has 4 aliphatic rings. The fourth-order valence-corrected chi connectivity index (χ4v) is 9.78. The average molecular weight is 529 g/mol. The molecule has 1 saturated heterocycles. The van der Waals surface area contributed by atoms with Crippen molar-refractivity contribution in [1.29, 1.82) is 0 Å². The Kier molecular flexibility index (Phi) is 4.06. The minimum Gasteiger partial charge on any atom is -0.469 e. The number of fused-ring (bicyclic) bond motifs is 9. The second-order valence-electron chi connectivity index (χ2n) is 8.96. The Morgan fingerprint density at radius 2 is 1.78 bits per heavy atom. The number of benzene rings is 1. The number of hydrogen-bond donors (Lipinski definition) is 1. The van der Waals surface area contributed by atoms with E-state index in [0.717, 1.165) is 26.6 Å². The highest BCUT2D eigenvalue weighted by Gasteiger charge is 2.70. The molecular weight excluding hydrogens is 512 g/mol. The number of H-pyrrole nitrogens is 1. The van der Waals surface area contributed by atoms with Gasteiger partial charge in [-0.15, -0.1) is 11.8 Å². The number of aromatic amines is 1. The van der Waals surface area contributed by atoms with E-state index in [9.17, 15) is 14.4 Å². The van der Waals surface area contributed by atoms with E-state index in [4.69, 9.17) is 4.42 Å². The van der Waals surface area contributed by atoms with Crippen LogP contribution in [0.3, 0.4) is 0 Å². The van der Waals surface area contributed by atoms with E-state index in [1.165, 1.54) is 16.2 Å². The zero-order valence-corrected chi connectivity index (χ0v) is 19.8. The Morgan fingerprint density at radius 1 is 1.03 bits per heavy atom. The van der Waals surface area contributed by atoms with Crippen LogP contribution in [0.25, 0.3) is 0 Å². The third-order valence-electron chi connectivity index (χ3n) is 7.66. The molecule has 3 aromatic rings. The number of rotatable bonds is 2. The molecule has 6 unspecified atom stereocenters. The minimum atomic E-state index is -0.298. The van der Waals surface area contributed by atoms with Crippen LogP contribution in [0.2, 0.25) is 0 Å². The molecule has 1 aromatic carbocycles. The van der Waals surface area contributed by atoms with E-state index in [2.05, 4.69) is 20.9 Å². The van der Waals surface area contributed by atoms with Gasteiger partial charge in [0.2, 0.25) is 11.8 Å². The molecule has 2 amide bonds. The van der Waals surface area contributed by atoms with Crippen LogP contribution < -0.4 is 9.77 Å². The van der Waals surface area contributed by atoms with Gasteiger partial charge in [-0.2, -0.15) is 0 Å². The van der Waals surface area contributed by atoms with Crippen molar-refractivity contribution in [2.75, 3.05) is 4.90 Å². The van der Waals surface area contributed by atoms with E-state index in [-0.39, 0.29) is 57.4 Å². The van der Waals surface area contributed by atoms with Crippen molar-refractivity contribution in [3.63, 3.8) is 0 Å². The van der Waals surface area contributed by atoms with Gasteiger partial charge in [0, 0.05) is 9.72 Å². The molecule has 2 bridgehead atoms. The lowest BCUT2D eigenvalue weighted by molar-refractivity contribution is -0.123. The van der Waals surface area contributed by atoms with Gasteiger partial charge in [0.25, 0.3) is 0 Å². The summed E-state index contributed by atoms with van der Waals surface area (Å²) in [5.74, 6) is 0.418. The van der Waals surface area contributed by atoms with Crippen LogP contribution >= 0.6 is 39.0 Å². The van der Waals surface area contributed by atoms with Crippen LogP contribution in [0, 0.1) is 29.6 Å². The van der Waals surface area contributed by atoms with Crippen LogP contribution in [0.5, 0.6) is 0 Å². The van der Waals surface area contributed by atoms with Gasteiger partial charge >= 0.3 is 4.87 Å². The SMILES string of the molecule is O=C1C2C3CC(C2C(=O)N1c1ccc(Br)cc1)C1C3Sc2[nH]c(=O)sc2[C@@H]1c1ccco1. The second-order valence-corrected chi connectivity index (χ2v) is 12.1. The number of thioether (sulfide) groups is 1. The predicted molar refractivity (Wildman–Crippen MR) is 124 cm³/mol. The first-order valence-electron chi connectivity index (χ1n) is 10.6. The highest BCUT2D eigenvalue weighted by atomic mass is 79.9. The molecule has 7 atom stereocenters. The van der Waals surface area contributed by atoms with Gasteiger partial charge in [-0.25, -0.2) is 0 Å². The maximum Gasteiger partial charge on any atom is 0.305 e. The number of hydrogen-bond acceptors (Lipinski definition) is 6. The average Bonchev–Trinajstić information content (AvgIpc) is 3.57. The number of carbonyl (C=O) groups is 2. The first-order valence-corrected chi connectivity index (χ1v) is 13.1. The third-order valence-corrected chi connectivity index (χ3v) is 10.8. The molecule has 3 fully saturated rings. The Labute approximate surface area is 199 Å². The molecule has 7 rings (SSSR count). The molecule has 4 heterocycles. The molecule has 0 spiro atoms. The van der Waals surface area contributed by atoms with Gasteiger partial charge in [-0.3, -0.25) is 19.3 Å². The third kappa shape index (κ3) is 2.44. The lowest BCUT2D eigenvalue weighted by Gasteiger charge is -2.42. The highest BCUT2D eigenvalue weighted by Crippen LogP contribution is 2.68. The molecule has 2 aromatic heterocycles. The zero-order valence-electron chi connectivity index (χ0n) is 16.6. The summed E-state index contributed by atoms with van der Waals surface area (Å²) in [6.07, 6.45) is 2.54. The summed E-state index contributed by atoms with van der Waals surface area (Å²) in [7, 11) is 0. The van der Waals surface area contributed by atoms with Crippen LogP contribution in [-0.4, -0.2) is 22.0 Å². The number of nitrogens with one attached hydrogen (secondary N) is 1. The Morgan fingerprint density at radius 3 is 2.50 bits per heavy atom. The molecule has 2 aliphatic carbocycles. The minimum absolute atomic E-state index is 0.0595. The largest absolute Gasteiger partial charge is 0.469 e. The first-order chi connectivity index (χ1) is 15.5. The summed E-state index contributed by atoms with van der Waals surface area (Å²) in [5, 5.41) is 1.07. The number of aromatic nitrogens is 1. The smallest absolute Gasteiger partial charge is 0.305 e. The van der Waals surface area contributed by atoms with Gasteiger partial charge in [0.1, 0.15) is 5.76 Å². The van der Waals surface area contributed by atoms with Crippen molar-refractivity contribution in [1.82, 2.24) is 4.98 Å². The number of nitrogens with zero attached hydrogens (tertiary/aromatic N) is 1. The van der Waals surface area contributed by atoms with E-state index < -0.39 is 0 Å². The Bertz CT molecular complexity index is 1310. The monoisotopic (exact) mass is 528 g/mol. The number of carbonyl (C=O) groups excluding carboxylic acids is 2. The molecule has 162 valence electrons. The predicted octanol–water partition coefficient (Wildman–Crippen LogP) is 4.47. The lowest BCUT2D eigenvalue weighted by Crippen LogP contribution is -2.42. The first kappa shape index (κ1) is 19.4. The molecule has 6 nitrogen and oxygen atoms in total. The number of thiazole rings is 1. The Balaban J connectivity index is 1.32. The van der Waals surface area contributed by atoms with Gasteiger partial charge in [-0.1, -0.05) is 27.3 Å². The molecule has 9 heteroatoms. The number of halogens is 1. The van der Waals surface area contributed by atoms with Crippen molar-refractivity contribution in [3.8, 4) is 0 Å². The van der Waals surface area contributed by atoms with Crippen molar-refractivity contribution in [2.45, 2.75) is 22.6 Å². The topological polar surface area (TPSA) is 83.4 Å². The second kappa shape index (κ2) is 6.71. The fraction of sp³-hybridized carbons (Fsp3) is 0.348. The number of anilines is 1. The molecule has 2 aliphatic heterocycles. The molecule has 0 radical (unpaired) electrons. The van der Waals surface area contributed by atoms with Crippen molar-refractivity contribution in [3.05, 3.63) is 67.4 Å². The summed E-state index contributed by atoms with van der Waals surface area (Å²) in [6.45, 7) is 0. The summed E-state index contributed by atoms with van der Waals surface area (Å²) in [4.78, 5) is 44.6. The number of amides is 2. The molecule has 32 heavy (non-hydrogen) atoms. The summed E-state index contributed by atoms with van der Waals surface area (Å²) in [5.41, 5.74) is 0.638. The summed E-state index contributed by atoms with van der Waals surface area (Å²) < 4.78 is 6.74. The maximum atomic E-state index is 13.6. The number of furan rings is 1. The summed E-state index contributed by atoms with van der Waals surface area (Å²) >= 11 is 6.35. The molecule has 2 saturated carbocycles. The van der Waals surface area contributed by atoms with Gasteiger partial charge < -0.3 is 9.40 Å². The van der Waals surface area contributed by atoms with E-state index in [1.807, 2.05) is 36.4 Å². The normalized spacial score (nSPS) is 34.7. The van der Waals surface area contributed by atoms with E-state index >= 15 is 0 Å². The van der Waals surface area contributed by atoms with Crippen LogP contribution in [-0.2, 0) is 9.59 Å². The van der Waals surface area contributed by atoms with Gasteiger partial charge in [0.15, 0.2) is 0 Å². The van der Waals surface area contributed by atoms with Crippen LogP contribution in [0.15, 0.2) is 61.4 Å². The highest BCUT2D eigenvalue weighted by molar-refractivity contribution is 9.10. The number of imide groups is 1. The van der Waals surface area contributed by atoms with Crippen molar-refractivity contribution in [2.24, 2.45) is 29.6 Å². The van der Waals surface area contributed by atoms with Crippen LogP contribution in [0.1, 0.15) is 23.0 Å². The standard InChI is InChI=1S/C23H17BrN2O4S2/c24-9-3-5-10(6-4-9)26-21(27)15-11-8-12(16(15)22(26)28)18-14(11)17(13-2-1-7-30-13)19-20(31-18)25-23(29)32-19/h1-7,11-12,14-18H,8H2,(H,25,29)/t11?,12?,14?,15?,16?,17-,18?/m1/s1. The maximum absolute atomic E-state index is 13.6. The van der Waals surface area contributed by atoms with Gasteiger partial charge in [0.05, 0.1) is 39.6 Å². The molecule has 1 N–H and O–H groups in total. The molecular formula is C23H17BrN2O4S2. The van der Waals surface area contributed by atoms with E-state index in [1.54, 1.807) is 18.0 Å². The van der Waals surface area contributed by atoms with Crippen LogP contribution in [0.4, 0.5) is 5.69 Å².